The lowest BCUT2D eigenvalue weighted by atomic mass is 10.1. The molecule has 0 atom stereocenters. The molecule has 6 nitrogen and oxygen atoms in total. The zero-order chi connectivity index (χ0) is 18.4. The normalized spacial score (nSPS) is 16.4. The molecule has 0 saturated carbocycles. The first-order chi connectivity index (χ1) is 12.0. The minimum absolute atomic E-state index is 0.00806. The van der Waals surface area contributed by atoms with Gasteiger partial charge in [-0.05, 0) is 44.0 Å². The SMILES string of the molecule is CCCCN1C(=O)NC(=O)/C(=C/c2ccc(N(CC)CC)cc2)C1=O. The molecule has 0 aromatic heterocycles. The number of anilines is 1. The van der Waals surface area contributed by atoms with Crippen molar-refractivity contribution in [2.24, 2.45) is 0 Å². The monoisotopic (exact) mass is 343 g/mol. The van der Waals surface area contributed by atoms with Gasteiger partial charge in [0.25, 0.3) is 11.8 Å². The lowest BCUT2D eigenvalue weighted by molar-refractivity contribution is -0.130. The molecule has 0 radical (unpaired) electrons. The fraction of sp³-hybridized carbons (Fsp3) is 0.421. The molecule has 1 fully saturated rings. The maximum Gasteiger partial charge on any atom is 0.331 e. The molecule has 6 heteroatoms. The van der Waals surface area contributed by atoms with E-state index in [4.69, 9.17) is 0 Å². The summed E-state index contributed by atoms with van der Waals surface area (Å²) in [6, 6.07) is 7.02. The first kappa shape index (κ1) is 18.7. The van der Waals surface area contributed by atoms with Gasteiger partial charge in [0.15, 0.2) is 0 Å². The van der Waals surface area contributed by atoms with Crippen molar-refractivity contribution >= 4 is 29.6 Å². The maximum absolute atomic E-state index is 12.5. The minimum atomic E-state index is -0.643. The third-order valence-electron chi connectivity index (χ3n) is 4.25. The summed E-state index contributed by atoms with van der Waals surface area (Å²) in [5.41, 5.74) is 1.83. The Morgan fingerprint density at radius 2 is 1.68 bits per heavy atom. The Labute approximate surface area is 148 Å². The van der Waals surface area contributed by atoms with E-state index in [0.717, 1.165) is 35.7 Å². The molecule has 1 heterocycles. The molecule has 0 unspecified atom stereocenters. The highest BCUT2D eigenvalue weighted by Gasteiger charge is 2.35. The molecule has 1 saturated heterocycles. The van der Waals surface area contributed by atoms with Crippen molar-refractivity contribution in [2.45, 2.75) is 33.6 Å². The van der Waals surface area contributed by atoms with Crippen molar-refractivity contribution in [1.29, 1.82) is 0 Å². The quantitative estimate of drug-likeness (QED) is 0.610. The van der Waals surface area contributed by atoms with Crippen LogP contribution in [0.5, 0.6) is 0 Å². The Morgan fingerprint density at radius 3 is 2.24 bits per heavy atom. The molecule has 0 spiro atoms. The molecule has 2 rings (SSSR count). The number of hydrogen-bond donors (Lipinski definition) is 1. The van der Waals surface area contributed by atoms with Crippen LogP contribution in [0.2, 0.25) is 0 Å². The molecule has 1 aromatic rings. The van der Waals surface area contributed by atoms with Crippen LogP contribution in [0.4, 0.5) is 10.5 Å². The van der Waals surface area contributed by atoms with Crippen LogP contribution in [0.1, 0.15) is 39.2 Å². The van der Waals surface area contributed by atoms with Gasteiger partial charge in [-0.15, -0.1) is 0 Å². The van der Waals surface area contributed by atoms with E-state index in [9.17, 15) is 14.4 Å². The molecule has 1 N–H and O–H groups in total. The van der Waals surface area contributed by atoms with Crippen molar-refractivity contribution in [1.82, 2.24) is 10.2 Å². The zero-order valence-corrected chi connectivity index (χ0v) is 15.0. The van der Waals surface area contributed by atoms with Crippen molar-refractivity contribution in [3.8, 4) is 0 Å². The second kappa shape index (κ2) is 8.46. The van der Waals surface area contributed by atoms with Gasteiger partial charge in [-0.3, -0.25) is 19.8 Å². The Morgan fingerprint density at radius 1 is 1.04 bits per heavy atom. The summed E-state index contributed by atoms with van der Waals surface area (Å²) in [7, 11) is 0. The van der Waals surface area contributed by atoms with Gasteiger partial charge < -0.3 is 4.90 Å². The number of rotatable bonds is 7. The number of barbiturate groups is 1. The van der Waals surface area contributed by atoms with Gasteiger partial charge in [-0.2, -0.15) is 0 Å². The van der Waals surface area contributed by atoms with E-state index >= 15 is 0 Å². The topological polar surface area (TPSA) is 69.7 Å². The lowest BCUT2D eigenvalue weighted by Gasteiger charge is -2.26. The number of amides is 4. The number of carbonyl (C=O) groups excluding carboxylic acids is 3. The number of carbonyl (C=O) groups is 3. The highest BCUT2D eigenvalue weighted by molar-refractivity contribution is 6.31. The maximum atomic E-state index is 12.5. The average Bonchev–Trinajstić information content (AvgIpc) is 2.60. The smallest absolute Gasteiger partial charge is 0.331 e. The van der Waals surface area contributed by atoms with Crippen molar-refractivity contribution < 1.29 is 14.4 Å². The van der Waals surface area contributed by atoms with E-state index in [-0.39, 0.29) is 5.57 Å². The van der Waals surface area contributed by atoms with Crippen LogP contribution in [0, 0.1) is 0 Å². The minimum Gasteiger partial charge on any atom is -0.372 e. The molecule has 0 aliphatic carbocycles. The highest BCUT2D eigenvalue weighted by atomic mass is 16.2. The molecular formula is C19H25N3O3. The van der Waals surface area contributed by atoms with Crippen LogP contribution < -0.4 is 10.2 Å². The van der Waals surface area contributed by atoms with Gasteiger partial charge >= 0.3 is 6.03 Å². The fourth-order valence-electron chi connectivity index (χ4n) is 2.75. The van der Waals surface area contributed by atoms with E-state index in [2.05, 4.69) is 24.1 Å². The number of hydrogen-bond acceptors (Lipinski definition) is 4. The van der Waals surface area contributed by atoms with Crippen LogP contribution in [0.25, 0.3) is 6.08 Å². The van der Waals surface area contributed by atoms with E-state index < -0.39 is 17.8 Å². The number of unbranched alkanes of at least 4 members (excludes halogenated alkanes) is 1. The standard InChI is InChI=1S/C19H25N3O3/c1-4-7-12-22-18(24)16(17(23)20-19(22)25)13-14-8-10-15(11-9-14)21(5-2)6-3/h8-11,13H,4-7,12H2,1-3H3,(H,20,23,25)/b16-13-. The summed E-state index contributed by atoms with van der Waals surface area (Å²) < 4.78 is 0. The molecule has 4 amide bonds. The summed E-state index contributed by atoms with van der Waals surface area (Å²) in [5.74, 6) is -1.18. The molecule has 1 aliphatic rings. The number of urea groups is 1. The summed E-state index contributed by atoms with van der Waals surface area (Å²) in [5, 5.41) is 2.24. The first-order valence-corrected chi connectivity index (χ1v) is 8.75. The lowest BCUT2D eigenvalue weighted by Crippen LogP contribution is -2.54. The fourth-order valence-corrected chi connectivity index (χ4v) is 2.75. The predicted molar refractivity (Wildman–Crippen MR) is 98.1 cm³/mol. The van der Waals surface area contributed by atoms with E-state index in [1.165, 1.54) is 6.08 Å². The first-order valence-electron chi connectivity index (χ1n) is 8.75. The number of nitrogens with zero attached hydrogens (tertiary/aromatic N) is 2. The van der Waals surface area contributed by atoms with Crippen molar-refractivity contribution in [3.05, 3.63) is 35.4 Å². The Balaban J connectivity index is 2.24. The zero-order valence-electron chi connectivity index (χ0n) is 15.0. The van der Waals surface area contributed by atoms with Crippen molar-refractivity contribution in [2.75, 3.05) is 24.5 Å². The summed E-state index contributed by atoms with van der Waals surface area (Å²) >= 11 is 0. The highest BCUT2D eigenvalue weighted by Crippen LogP contribution is 2.19. The third kappa shape index (κ3) is 4.26. The number of imide groups is 2. The van der Waals surface area contributed by atoms with E-state index in [1.54, 1.807) is 0 Å². The summed E-state index contributed by atoms with van der Waals surface area (Å²) in [6.45, 7) is 8.29. The van der Waals surface area contributed by atoms with Crippen LogP contribution in [0.15, 0.2) is 29.8 Å². The van der Waals surface area contributed by atoms with Crippen LogP contribution in [-0.2, 0) is 9.59 Å². The van der Waals surface area contributed by atoms with Gasteiger partial charge in [0.1, 0.15) is 5.57 Å². The molecule has 134 valence electrons. The Bertz CT molecular complexity index is 676. The van der Waals surface area contributed by atoms with Gasteiger partial charge in [0.05, 0.1) is 0 Å². The number of benzene rings is 1. The van der Waals surface area contributed by atoms with Gasteiger partial charge in [0.2, 0.25) is 0 Å². The van der Waals surface area contributed by atoms with Gasteiger partial charge in [0, 0.05) is 25.3 Å². The summed E-state index contributed by atoms with van der Waals surface area (Å²) in [4.78, 5) is 39.7. The van der Waals surface area contributed by atoms with Gasteiger partial charge in [-0.25, -0.2) is 4.79 Å². The Kier molecular flexibility index (Phi) is 6.33. The largest absolute Gasteiger partial charge is 0.372 e. The molecular weight excluding hydrogens is 318 g/mol. The molecule has 25 heavy (non-hydrogen) atoms. The molecule has 0 bridgehead atoms. The van der Waals surface area contributed by atoms with Crippen LogP contribution in [-0.4, -0.2) is 42.4 Å². The predicted octanol–water partition coefficient (Wildman–Crippen LogP) is 2.79. The molecule has 1 aliphatic heterocycles. The van der Waals surface area contributed by atoms with E-state index in [1.807, 2.05) is 31.2 Å². The second-order valence-electron chi connectivity index (χ2n) is 5.89. The molecule has 1 aromatic carbocycles. The average molecular weight is 343 g/mol. The van der Waals surface area contributed by atoms with Crippen LogP contribution >= 0.6 is 0 Å². The van der Waals surface area contributed by atoms with Gasteiger partial charge in [-0.1, -0.05) is 25.5 Å². The number of nitrogens with one attached hydrogen (secondary N) is 1. The second-order valence-corrected chi connectivity index (χ2v) is 5.89. The Hall–Kier alpha value is -2.63. The van der Waals surface area contributed by atoms with Crippen molar-refractivity contribution in [3.63, 3.8) is 0 Å². The summed E-state index contributed by atoms with van der Waals surface area (Å²) in [6.07, 6.45) is 3.10. The third-order valence-corrected chi connectivity index (χ3v) is 4.25. The van der Waals surface area contributed by atoms with E-state index in [0.29, 0.717) is 13.0 Å². The van der Waals surface area contributed by atoms with Crippen LogP contribution in [0.3, 0.4) is 0 Å².